The molecule has 2 aromatic rings. The van der Waals surface area contributed by atoms with Gasteiger partial charge in [0, 0.05) is 18.4 Å². The molecule has 4 heteroatoms. The Hall–Kier alpha value is -1.68. The number of hydrogen-bond acceptors (Lipinski definition) is 4. The second-order valence-electron chi connectivity index (χ2n) is 5.48. The summed E-state index contributed by atoms with van der Waals surface area (Å²) in [6, 6.07) is 10.6. The van der Waals surface area contributed by atoms with E-state index in [4.69, 9.17) is 4.52 Å². The first-order chi connectivity index (χ1) is 9.86. The average molecular weight is 271 g/mol. The third kappa shape index (κ3) is 2.90. The molecule has 20 heavy (non-hydrogen) atoms. The lowest BCUT2D eigenvalue weighted by Crippen LogP contribution is -2.18. The second-order valence-corrected chi connectivity index (χ2v) is 5.48. The highest BCUT2D eigenvalue weighted by atomic mass is 16.5. The van der Waals surface area contributed by atoms with E-state index in [1.807, 2.05) is 13.1 Å². The van der Waals surface area contributed by atoms with Gasteiger partial charge in [0.05, 0.1) is 0 Å². The zero-order valence-corrected chi connectivity index (χ0v) is 11.9. The van der Waals surface area contributed by atoms with Crippen molar-refractivity contribution in [2.24, 2.45) is 0 Å². The van der Waals surface area contributed by atoms with E-state index in [-0.39, 0.29) is 6.04 Å². The predicted octanol–water partition coefficient (Wildman–Crippen LogP) is 3.23. The van der Waals surface area contributed by atoms with Crippen molar-refractivity contribution in [2.45, 2.75) is 44.1 Å². The van der Waals surface area contributed by atoms with Crippen molar-refractivity contribution < 1.29 is 4.52 Å². The zero-order chi connectivity index (χ0) is 13.8. The van der Waals surface area contributed by atoms with Gasteiger partial charge in [0.2, 0.25) is 5.89 Å². The highest BCUT2D eigenvalue weighted by molar-refractivity contribution is 5.19. The van der Waals surface area contributed by atoms with E-state index in [0.717, 1.165) is 18.1 Å². The highest BCUT2D eigenvalue weighted by Gasteiger charge is 2.23. The van der Waals surface area contributed by atoms with Crippen LogP contribution in [0.15, 0.2) is 34.9 Å². The van der Waals surface area contributed by atoms with Crippen molar-refractivity contribution in [2.75, 3.05) is 7.05 Å². The fourth-order valence-corrected chi connectivity index (χ4v) is 2.95. The van der Waals surface area contributed by atoms with Gasteiger partial charge in [0.1, 0.15) is 0 Å². The van der Waals surface area contributed by atoms with Gasteiger partial charge < -0.3 is 9.84 Å². The molecule has 1 aliphatic rings. The van der Waals surface area contributed by atoms with E-state index in [9.17, 15) is 0 Å². The maximum Gasteiger partial charge on any atom is 0.228 e. The van der Waals surface area contributed by atoms with Crippen LogP contribution in [0.5, 0.6) is 0 Å². The molecule has 1 aromatic carbocycles. The number of nitrogens with zero attached hydrogens (tertiary/aromatic N) is 2. The summed E-state index contributed by atoms with van der Waals surface area (Å²) in [5, 5.41) is 7.48. The Morgan fingerprint density at radius 3 is 2.70 bits per heavy atom. The molecule has 1 unspecified atom stereocenters. The molecule has 1 aliphatic carbocycles. The van der Waals surface area contributed by atoms with Crippen molar-refractivity contribution in [3.05, 3.63) is 47.6 Å². The van der Waals surface area contributed by atoms with Crippen LogP contribution in [0.25, 0.3) is 0 Å². The Morgan fingerprint density at radius 2 is 2.00 bits per heavy atom. The third-order valence-corrected chi connectivity index (χ3v) is 4.13. The van der Waals surface area contributed by atoms with Crippen LogP contribution >= 0.6 is 0 Å². The van der Waals surface area contributed by atoms with Crippen LogP contribution < -0.4 is 5.32 Å². The van der Waals surface area contributed by atoms with Crippen LogP contribution in [0.1, 0.15) is 54.9 Å². The lowest BCUT2D eigenvalue weighted by molar-refractivity contribution is 0.355. The summed E-state index contributed by atoms with van der Waals surface area (Å²) in [5.74, 6) is 2.15. The largest absolute Gasteiger partial charge is 0.339 e. The Bertz CT molecular complexity index is 532. The number of hydrogen-bond donors (Lipinski definition) is 1. The number of rotatable bonds is 5. The predicted molar refractivity (Wildman–Crippen MR) is 77.5 cm³/mol. The molecule has 1 fully saturated rings. The van der Waals surface area contributed by atoms with Gasteiger partial charge in [-0.2, -0.15) is 4.98 Å². The van der Waals surface area contributed by atoms with Gasteiger partial charge in [0.15, 0.2) is 5.82 Å². The van der Waals surface area contributed by atoms with Crippen LogP contribution in [0.4, 0.5) is 0 Å². The fraction of sp³-hybridized carbons (Fsp3) is 0.500. The van der Waals surface area contributed by atoms with Crippen LogP contribution in [0, 0.1) is 0 Å². The fourth-order valence-electron chi connectivity index (χ4n) is 2.95. The van der Waals surface area contributed by atoms with E-state index in [0.29, 0.717) is 5.92 Å². The van der Waals surface area contributed by atoms with Crippen LogP contribution in [-0.2, 0) is 6.42 Å². The van der Waals surface area contributed by atoms with Crippen molar-refractivity contribution in [3.8, 4) is 0 Å². The summed E-state index contributed by atoms with van der Waals surface area (Å²) in [5.41, 5.74) is 1.25. The zero-order valence-electron chi connectivity index (χ0n) is 11.9. The van der Waals surface area contributed by atoms with Crippen LogP contribution in [0.2, 0.25) is 0 Å². The summed E-state index contributed by atoms with van der Waals surface area (Å²) in [7, 11) is 1.96. The van der Waals surface area contributed by atoms with Gasteiger partial charge in [-0.15, -0.1) is 0 Å². The molecule has 0 spiro atoms. The Balaban J connectivity index is 1.70. The van der Waals surface area contributed by atoms with E-state index < -0.39 is 0 Å². The van der Waals surface area contributed by atoms with Crippen molar-refractivity contribution >= 4 is 0 Å². The molecule has 4 nitrogen and oxygen atoms in total. The van der Waals surface area contributed by atoms with E-state index in [1.165, 1.54) is 31.2 Å². The maximum atomic E-state index is 5.43. The first-order valence-corrected chi connectivity index (χ1v) is 7.41. The van der Waals surface area contributed by atoms with Gasteiger partial charge in [-0.1, -0.05) is 48.3 Å². The molecule has 0 saturated heterocycles. The quantitative estimate of drug-likeness (QED) is 0.907. The number of benzene rings is 1. The SMILES string of the molecule is CNC(Cc1nc(C2CCCC2)no1)c1ccccc1. The lowest BCUT2D eigenvalue weighted by Gasteiger charge is -2.13. The molecule has 0 radical (unpaired) electrons. The molecule has 0 amide bonds. The topological polar surface area (TPSA) is 51.0 Å². The van der Waals surface area contributed by atoms with Crippen molar-refractivity contribution in [1.29, 1.82) is 0 Å². The Kier molecular flexibility index (Phi) is 4.11. The average Bonchev–Trinajstić information content (AvgIpc) is 3.16. The minimum atomic E-state index is 0.216. The molecule has 1 aromatic heterocycles. The van der Waals surface area contributed by atoms with Crippen molar-refractivity contribution in [1.82, 2.24) is 15.5 Å². The van der Waals surface area contributed by atoms with Gasteiger partial charge in [-0.25, -0.2) is 0 Å². The molecular formula is C16H21N3O. The standard InChI is InChI=1S/C16H21N3O/c1-17-14(12-7-3-2-4-8-12)11-15-18-16(19-20-15)13-9-5-6-10-13/h2-4,7-8,13-14,17H,5-6,9-11H2,1H3. The summed E-state index contributed by atoms with van der Waals surface area (Å²) in [4.78, 5) is 4.59. The molecule has 3 rings (SSSR count). The smallest absolute Gasteiger partial charge is 0.228 e. The van der Waals surface area contributed by atoms with E-state index in [1.54, 1.807) is 0 Å². The molecule has 1 heterocycles. The second kappa shape index (κ2) is 6.18. The molecular weight excluding hydrogens is 250 g/mol. The molecule has 0 aliphatic heterocycles. The molecule has 1 saturated carbocycles. The van der Waals surface area contributed by atoms with E-state index >= 15 is 0 Å². The van der Waals surface area contributed by atoms with E-state index in [2.05, 4.69) is 39.7 Å². The minimum absolute atomic E-state index is 0.216. The first-order valence-electron chi connectivity index (χ1n) is 7.41. The Morgan fingerprint density at radius 1 is 1.25 bits per heavy atom. The summed E-state index contributed by atoms with van der Waals surface area (Å²) < 4.78 is 5.43. The molecule has 1 N–H and O–H groups in total. The van der Waals surface area contributed by atoms with Gasteiger partial charge >= 0.3 is 0 Å². The number of aromatic nitrogens is 2. The minimum Gasteiger partial charge on any atom is -0.339 e. The summed E-state index contributed by atoms with van der Waals surface area (Å²) in [6.07, 6.45) is 5.72. The summed E-state index contributed by atoms with van der Waals surface area (Å²) >= 11 is 0. The van der Waals surface area contributed by atoms with Crippen LogP contribution in [-0.4, -0.2) is 17.2 Å². The normalized spacial score (nSPS) is 17.4. The molecule has 1 atom stereocenters. The summed E-state index contributed by atoms with van der Waals surface area (Å²) in [6.45, 7) is 0. The lowest BCUT2D eigenvalue weighted by atomic mass is 10.0. The Labute approximate surface area is 119 Å². The number of likely N-dealkylation sites (N-methyl/N-ethyl adjacent to an activating group) is 1. The van der Waals surface area contributed by atoms with Gasteiger partial charge in [-0.05, 0) is 25.5 Å². The van der Waals surface area contributed by atoms with Gasteiger partial charge in [-0.3, -0.25) is 0 Å². The monoisotopic (exact) mass is 271 g/mol. The first kappa shape index (κ1) is 13.3. The van der Waals surface area contributed by atoms with Gasteiger partial charge in [0.25, 0.3) is 0 Å². The third-order valence-electron chi connectivity index (χ3n) is 4.13. The molecule has 106 valence electrons. The highest BCUT2D eigenvalue weighted by Crippen LogP contribution is 2.32. The van der Waals surface area contributed by atoms with Crippen molar-refractivity contribution in [3.63, 3.8) is 0 Å². The van der Waals surface area contributed by atoms with Crippen LogP contribution in [0.3, 0.4) is 0 Å². The molecule has 0 bridgehead atoms. The number of nitrogens with one attached hydrogen (secondary N) is 1. The maximum absolute atomic E-state index is 5.43.